The van der Waals surface area contributed by atoms with E-state index in [1.54, 1.807) is 0 Å². The van der Waals surface area contributed by atoms with Gasteiger partial charge in [-0.1, -0.05) is 27.7 Å². The van der Waals surface area contributed by atoms with Crippen molar-refractivity contribution in [1.82, 2.24) is 15.1 Å². The number of nitrogens with zero attached hydrogens (tertiary/aromatic N) is 2. The van der Waals surface area contributed by atoms with Gasteiger partial charge in [0.1, 0.15) is 0 Å². The highest BCUT2D eigenvalue weighted by Crippen LogP contribution is 1.92. The minimum Gasteiger partial charge on any atom is -0.318 e. The fraction of sp³-hybridized carbons (Fsp3) is 0.727. The maximum absolute atomic E-state index is 4.13. The number of nitrogens with one attached hydrogen (secondary N) is 1. The smallest absolute Gasteiger partial charge is 0.0533 e. The molecule has 0 fully saturated rings. The molecule has 0 unspecified atom stereocenters. The summed E-state index contributed by atoms with van der Waals surface area (Å²) in [5.74, 6) is 0. The molecule has 0 atom stereocenters. The molecule has 1 aromatic heterocycles. The van der Waals surface area contributed by atoms with Gasteiger partial charge in [0.25, 0.3) is 0 Å². The zero-order valence-corrected chi connectivity index (χ0v) is 10.5. The van der Waals surface area contributed by atoms with Crippen LogP contribution in [0.25, 0.3) is 0 Å². The second-order valence-corrected chi connectivity index (χ2v) is 2.38. The molecule has 1 rings (SSSR count). The Morgan fingerprint density at radius 1 is 1.29 bits per heavy atom. The molecule has 1 N–H and O–H groups in total. The summed E-state index contributed by atoms with van der Waals surface area (Å²) >= 11 is 0. The normalized spacial score (nSPS) is 8.14. The van der Waals surface area contributed by atoms with Crippen molar-refractivity contribution in [3.05, 3.63) is 18.0 Å². The van der Waals surface area contributed by atoms with E-state index in [1.165, 1.54) is 5.56 Å². The van der Waals surface area contributed by atoms with E-state index in [0.29, 0.717) is 0 Å². The molecule has 0 saturated carbocycles. The SMILES string of the molecule is CC.CC.CNCCn1cc(C)cn1. The van der Waals surface area contributed by atoms with E-state index in [1.807, 2.05) is 58.7 Å². The van der Waals surface area contributed by atoms with Crippen LogP contribution < -0.4 is 5.32 Å². The lowest BCUT2D eigenvalue weighted by Crippen LogP contribution is -2.14. The summed E-state index contributed by atoms with van der Waals surface area (Å²) in [6, 6.07) is 0. The molecule has 0 aromatic carbocycles. The molecule has 0 aliphatic heterocycles. The van der Waals surface area contributed by atoms with Crippen molar-refractivity contribution >= 4 is 0 Å². The number of aryl methyl sites for hydroxylation is 1. The molecule has 1 aromatic rings. The standard InChI is InChI=1S/C7H13N3.2C2H6/c1-7-5-9-10(6-7)4-3-8-2;2*1-2/h5-6,8H,3-4H2,1-2H3;2*1-2H3. The first-order valence-corrected chi connectivity index (χ1v) is 5.46. The van der Waals surface area contributed by atoms with Crippen LogP contribution >= 0.6 is 0 Å². The molecular formula is C11H25N3. The molecule has 0 saturated heterocycles. The van der Waals surface area contributed by atoms with Crippen LogP contribution in [0.4, 0.5) is 0 Å². The van der Waals surface area contributed by atoms with Gasteiger partial charge in [-0.25, -0.2) is 0 Å². The monoisotopic (exact) mass is 199 g/mol. The van der Waals surface area contributed by atoms with Gasteiger partial charge >= 0.3 is 0 Å². The Labute approximate surface area is 88.5 Å². The predicted molar refractivity (Wildman–Crippen MR) is 63.6 cm³/mol. The third-order valence-electron chi connectivity index (χ3n) is 1.35. The van der Waals surface area contributed by atoms with Crippen LogP contribution in [-0.2, 0) is 6.54 Å². The summed E-state index contributed by atoms with van der Waals surface area (Å²) in [5, 5.41) is 7.19. The van der Waals surface area contributed by atoms with Gasteiger partial charge in [0.15, 0.2) is 0 Å². The lowest BCUT2D eigenvalue weighted by atomic mass is 10.4. The number of aromatic nitrogens is 2. The van der Waals surface area contributed by atoms with Gasteiger partial charge in [-0.05, 0) is 19.5 Å². The van der Waals surface area contributed by atoms with Gasteiger partial charge in [-0.15, -0.1) is 0 Å². The zero-order chi connectivity index (χ0) is 11.4. The van der Waals surface area contributed by atoms with Crippen molar-refractivity contribution in [1.29, 1.82) is 0 Å². The molecule has 0 spiro atoms. The summed E-state index contributed by atoms with van der Waals surface area (Å²) in [7, 11) is 1.94. The molecule has 3 nitrogen and oxygen atoms in total. The van der Waals surface area contributed by atoms with Crippen LogP contribution in [0.1, 0.15) is 33.3 Å². The third kappa shape index (κ3) is 7.80. The Bertz CT molecular complexity index is 194. The van der Waals surface area contributed by atoms with Gasteiger partial charge in [0, 0.05) is 12.7 Å². The quantitative estimate of drug-likeness (QED) is 0.810. The van der Waals surface area contributed by atoms with Crippen molar-refractivity contribution in [3.8, 4) is 0 Å². The molecule has 0 radical (unpaired) electrons. The van der Waals surface area contributed by atoms with Gasteiger partial charge in [0.05, 0.1) is 12.7 Å². The lowest BCUT2D eigenvalue weighted by Gasteiger charge is -1.97. The Kier molecular flexibility index (Phi) is 13.6. The van der Waals surface area contributed by atoms with Crippen LogP contribution in [0.3, 0.4) is 0 Å². The molecule has 1 heterocycles. The Hall–Kier alpha value is -0.830. The van der Waals surface area contributed by atoms with E-state index < -0.39 is 0 Å². The zero-order valence-electron chi connectivity index (χ0n) is 10.5. The van der Waals surface area contributed by atoms with Gasteiger partial charge in [0.2, 0.25) is 0 Å². The molecule has 0 aliphatic rings. The highest BCUT2D eigenvalue weighted by molar-refractivity contribution is 4.99. The first-order valence-electron chi connectivity index (χ1n) is 5.46. The van der Waals surface area contributed by atoms with Crippen molar-refractivity contribution < 1.29 is 0 Å². The maximum Gasteiger partial charge on any atom is 0.0533 e. The maximum atomic E-state index is 4.13. The molecule has 84 valence electrons. The molecular weight excluding hydrogens is 174 g/mol. The Balaban J connectivity index is 0. The van der Waals surface area contributed by atoms with Crippen LogP contribution in [0.5, 0.6) is 0 Å². The average molecular weight is 199 g/mol. The topological polar surface area (TPSA) is 29.9 Å². The molecule has 0 aliphatic carbocycles. The number of hydrogen-bond donors (Lipinski definition) is 1. The molecule has 14 heavy (non-hydrogen) atoms. The second kappa shape index (κ2) is 12.2. The highest BCUT2D eigenvalue weighted by atomic mass is 15.3. The summed E-state index contributed by atoms with van der Waals surface area (Å²) in [6.07, 6.45) is 3.91. The number of rotatable bonds is 3. The number of likely N-dealkylation sites (N-methyl/N-ethyl adjacent to an activating group) is 1. The van der Waals surface area contributed by atoms with Crippen molar-refractivity contribution in [2.75, 3.05) is 13.6 Å². The van der Waals surface area contributed by atoms with Crippen molar-refractivity contribution in [2.24, 2.45) is 0 Å². The van der Waals surface area contributed by atoms with E-state index in [4.69, 9.17) is 0 Å². The molecule has 0 amide bonds. The summed E-state index contributed by atoms with van der Waals surface area (Å²) in [6.45, 7) is 12.0. The van der Waals surface area contributed by atoms with Crippen molar-refractivity contribution in [3.63, 3.8) is 0 Å². The van der Waals surface area contributed by atoms with E-state index >= 15 is 0 Å². The second-order valence-electron chi connectivity index (χ2n) is 2.38. The van der Waals surface area contributed by atoms with Crippen LogP contribution in [-0.4, -0.2) is 23.4 Å². The van der Waals surface area contributed by atoms with E-state index in [-0.39, 0.29) is 0 Å². The fourth-order valence-corrected chi connectivity index (χ4v) is 0.816. The minimum atomic E-state index is 0.949. The summed E-state index contributed by atoms with van der Waals surface area (Å²) in [4.78, 5) is 0. The van der Waals surface area contributed by atoms with E-state index in [0.717, 1.165) is 13.1 Å². The predicted octanol–water partition coefficient (Wildman–Crippen LogP) is 2.46. The first-order chi connectivity index (χ1) is 6.83. The van der Waals surface area contributed by atoms with Crippen LogP contribution in [0.2, 0.25) is 0 Å². The van der Waals surface area contributed by atoms with Crippen molar-refractivity contribution in [2.45, 2.75) is 41.2 Å². The number of hydrogen-bond acceptors (Lipinski definition) is 2. The van der Waals surface area contributed by atoms with E-state index in [9.17, 15) is 0 Å². The third-order valence-corrected chi connectivity index (χ3v) is 1.35. The Morgan fingerprint density at radius 2 is 1.86 bits per heavy atom. The Morgan fingerprint density at radius 3 is 2.21 bits per heavy atom. The van der Waals surface area contributed by atoms with Crippen LogP contribution in [0, 0.1) is 6.92 Å². The first kappa shape index (κ1) is 15.6. The van der Waals surface area contributed by atoms with Crippen LogP contribution in [0.15, 0.2) is 12.4 Å². The van der Waals surface area contributed by atoms with Gasteiger partial charge in [-0.2, -0.15) is 5.10 Å². The largest absolute Gasteiger partial charge is 0.318 e. The fourth-order valence-electron chi connectivity index (χ4n) is 0.816. The lowest BCUT2D eigenvalue weighted by molar-refractivity contribution is 0.584. The summed E-state index contributed by atoms with van der Waals surface area (Å²) in [5.41, 5.74) is 1.22. The van der Waals surface area contributed by atoms with Gasteiger partial charge in [-0.3, -0.25) is 4.68 Å². The van der Waals surface area contributed by atoms with Gasteiger partial charge < -0.3 is 5.32 Å². The van der Waals surface area contributed by atoms with E-state index in [2.05, 4.69) is 10.4 Å². The molecule has 3 heteroatoms. The summed E-state index contributed by atoms with van der Waals surface area (Å²) < 4.78 is 1.94. The highest BCUT2D eigenvalue weighted by Gasteiger charge is 1.90. The minimum absolute atomic E-state index is 0.949. The molecule has 0 bridgehead atoms. The average Bonchev–Trinajstić information content (AvgIpc) is 2.67.